The van der Waals surface area contributed by atoms with Crippen molar-refractivity contribution >= 4 is 11.8 Å². The van der Waals surface area contributed by atoms with Crippen LogP contribution in [0.15, 0.2) is 24.3 Å². The Kier molecular flexibility index (Phi) is 3.25. The number of rotatable bonds is 1. The van der Waals surface area contributed by atoms with Crippen LogP contribution in [-0.4, -0.2) is 17.5 Å². The van der Waals surface area contributed by atoms with Crippen molar-refractivity contribution in [2.45, 2.75) is 18.8 Å². The summed E-state index contributed by atoms with van der Waals surface area (Å²) in [5.74, 6) is 0.604. The number of nitrogens with zero attached hydrogens (tertiary/aromatic N) is 2. The molecule has 1 aliphatic rings. The largest absolute Gasteiger partial charge is 0.220 e. The average molecular weight is 221 g/mol. The average Bonchev–Trinajstić information content (AvgIpc) is 2.30. The maximum absolute atomic E-state index is 8.70. The van der Waals surface area contributed by atoms with Crippen molar-refractivity contribution < 1.29 is 0 Å². The van der Waals surface area contributed by atoms with Gasteiger partial charge in [0.25, 0.3) is 0 Å². The zero-order chi connectivity index (χ0) is 10.7. The highest BCUT2D eigenvalue weighted by Crippen LogP contribution is 2.28. The van der Waals surface area contributed by atoms with Crippen LogP contribution in [0.4, 0.5) is 0 Å². The minimum absolute atomic E-state index is 0.604. The monoisotopic (exact) mass is 220 g/mol. The number of hydrogen-bond acceptors (Lipinski definition) is 2. The summed E-state index contributed by atoms with van der Waals surface area (Å²) in [6.45, 7) is 1.90. The first kappa shape index (κ1) is 10.5. The Morgan fingerprint density at radius 1 is 1.20 bits per heavy atom. The van der Waals surface area contributed by atoms with Gasteiger partial charge >= 0.3 is 0 Å². The summed E-state index contributed by atoms with van der Waals surface area (Å²) in [5.41, 5.74) is 2.06. The van der Waals surface area contributed by atoms with Gasteiger partial charge in [-0.1, -0.05) is 12.1 Å². The predicted octanol–water partition coefficient (Wildman–Crippen LogP) is 2.89. The van der Waals surface area contributed by atoms with E-state index in [4.69, 9.17) is 17.0 Å². The van der Waals surface area contributed by atoms with Gasteiger partial charge in [0.05, 0.1) is 11.6 Å². The van der Waals surface area contributed by atoms with Crippen LogP contribution in [0.25, 0.3) is 0 Å². The van der Waals surface area contributed by atoms with Gasteiger partial charge in [0.1, 0.15) is 0 Å². The molecule has 0 aliphatic carbocycles. The molecule has 1 saturated heterocycles. The maximum Gasteiger partial charge on any atom is 0.0991 e. The molecule has 0 spiro atoms. The summed E-state index contributed by atoms with van der Waals surface area (Å²) < 4.78 is 1.85. The number of hydrogen-bond donors (Lipinski definition) is 0. The summed E-state index contributed by atoms with van der Waals surface area (Å²) in [4.78, 5) is 0. The quantitative estimate of drug-likeness (QED) is 0.681. The van der Waals surface area contributed by atoms with Crippen molar-refractivity contribution in [1.29, 1.82) is 5.26 Å². The van der Waals surface area contributed by atoms with E-state index < -0.39 is 0 Å². The van der Waals surface area contributed by atoms with Gasteiger partial charge in [0, 0.05) is 13.1 Å². The molecule has 1 aromatic rings. The van der Waals surface area contributed by atoms with Gasteiger partial charge in [-0.2, -0.15) is 5.26 Å². The van der Waals surface area contributed by atoms with E-state index in [1.165, 1.54) is 5.56 Å². The van der Waals surface area contributed by atoms with Gasteiger partial charge in [-0.15, -0.1) is 0 Å². The van der Waals surface area contributed by atoms with Crippen LogP contribution in [0.3, 0.4) is 0 Å². The first-order valence-corrected chi connectivity index (χ1v) is 5.54. The molecule has 0 saturated carbocycles. The first-order chi connectivity index (χ1) is 7.29. The van der Waals surface area contributed by atoms with Gasteiger partial charge in [0.15, 0.2) is 0 Å². The predicted molar refractivity (Wildman–Crippen MR) is 60.6 cm³/mol. The summed E-state index contributed by atoms with van der Waals surface area (Å²) >= 11 is 5.91. The molecular formula is C12H13ClN2. The highest BCUT2D eigenvalue weighted by atomic mass is 35.5. The molecule has 0 unspecified atom stereocenters. The van der Waals surface area contributed by atoms with E-state index in [1.807, 2.05) is 16.6 Å². The van der Waals surface area contributed by atoms with E-state index in [2.05, 4.69) is 18.2 Å². The molecule has 3 heteroatoms. The normalized spacial score (nSPS) is 18.7. The lowest BCUT2D eigenvalue weighted by Gasteiger charge is -2.27. The van der Waals surface area contributed by atoms with Crippen molar-refractivity contribution in [3.8, 4) is 6.07 Å². The summed E-state index contributed by atoms with van der Waals surface area (Å²) in [6, 6.07) is 10.0. The fourth-order valence-corrected chi connectivity index (χ4v) is 2.21. The Bertz CT molecular complexity index is 358. The van der Waals surface area contributed by atoms with Crippen molar-refractivity contribution in [3.63, 3.8) is 0 Å². The zero-order valence-electron chi connectivity index (χ0n) is 8.49. The van der Waals surface area contributed by atoms with Crippen LogP contribution in [-0.2, 0) is 0 Å². The SMILES string of the molecule is N#Cc1ccc(C2CCN(Cl)CC2)cc1. The number of halogens is 1. The fourth-order valence-electron chi connectivity index (χ4n) is 2.01. The minimum atomic E-state index is 0.604. The van der Waals surface area contributed by atoms with Gasteiger partial charge in [-0.05, 0) is 48.2 Å². The third kappa shape index (κ3) is 2.50. The number of piperidine rings is 1. The Hall–Kier alpha value is -1.04. The van der Waals surface area contributed by atoms with E-state index >= 15 is 0 Å². The van der Waals surface area contributed by atoms with Crippen molar-refractivity contribution in [1.82, 2.24) is 4.42 Å². The van der Waals surface area contributed by atoms with Crippen molar-refractivity contribution in [3.05, 3.63) is 35.4 Å². The van der Waals surface area contributed by atoms with Crippen LogP contribution in [0.2, 0.25) is 0 Å². The molecule has 2 rings (SSSR count). The Balaban J connectivity index is 2.07. The molecular weight excluding hydrogens is 208 g/mol. The van der Waals surface area contributed by atoms with Crippen LogP contribution in [0.1, 0.15) is 29.9 Å². The molecule has 0 aromatic heterocycles. The van der Waals surface area contributed by atoms with E-state index in [9.17, 15) is 0 Å². The molecule has 1 fully saturated rings. The van der Waals surface area contributed by atoms with Crippen LogP contribution in [0, 0.1) is 11.3 Å². The second kappa shape index (κ2) is 4.65. The van der Waals surface area contributed by atoms with Gasteiger partial charge < -0.3 is 0 Å². The van der Waals surface area contributed by atoms with Gasteiger partial charge in [0.2, 0.25) is 0 Å². The Morgan fingerprint density at radius 2 is 1.80 bits per heavy atom. The lowest BCUT2D eigenvalue weighted by molar-refractivity contribution is 0.336. The van der Waals surface area contributed by atoms with E-state index in [0.29, 0.717) is 5.92 Å². The molecule has 0 radical (unpaired) electrons. The number of nitriles is 1. The third-order valence-electron chi connectivity index (χ3n) is 2.95. The number of benzene rings is 1. The summed E-state index contributed by atoms with van der Waals surface area (Å²) in [7, 11) is 0. The molecule has 15 heavy (non-hydrogen) atoms. The van der Waals surface area contributed by atoms with Crippen molar-refractivity contribution in [2.75, 3.05) is 13.1 Å². The first-order valence-electron chi connectivity index (χ1n) is 5.20. The standard InChI is InChI=1S/C12H13ClN2/c13-15-7-5-12(6-8-15)11-3-1-10(9-14)2-4-11/h1-4,12H,5-8H2. The lowest BCUT2D eigenvalue weighted by Crippen LogP contribution is -2.25. The van der Waals surface area contributed by atoms with Crippen LogP contribution < -0.4 is 0 Å². The highest BCUT2D eigenvalue weighted by molar-refractivity contribution is 6.13. The Morgan fingerprint density at radius 3 is 2.33 bits per heavy atom. The highest BCUT2D eigenvalue weighted by Gasteiger charge is 2.18. The fraction of sp³-hybridized carbons (Fsp3) is 0.417. The Labute approximate surface area is 95.2 Å². The third-order valence-corrected chi connectivity index (χ3v) is 3.29. The lowest BCUT2D eigenvalue weighted by atomic mass is 9.90. The van der Waals surface area contributed by atoms with E-state index in [-0.39, 0.29) is 0 Å². The molecule has 1 heterocycles. The zero-order valence-corrected chi connectivity index (χ0v) is 9.24. The molecule has 78 valence electrons. The molecule has 1 aliphatic heterocycles. The molecule has 0 N–H and O–H groups in total. The van der Waals surface area contributed by atoms with Crippen LogP contribution >= 0.6 is 11.8 Å². The molecule has 2 nitrogen and oxygen atoms in total. The molecule has 0 atom stereocenters. The van der Waals surface area contributed by atoms with E-state index in [0.717, 1.165) is 31.5 Å². The van der Waals surface area contributed by atoms with Gasteiger partial charge in [-0.3, -0.25) is 0 Å². The van der Waals surface area contributed by atoms with Gasteiger partial charge in [-0.25, -0.2) is 4.42 Å². The van der Waals surface area contributed by atoms with Crippen molar-refractivity contribution in [2.24, 2.45) is 0 Å². The molecule has 0 bridgehead atoms. The van der Waals surface area contributed by atoms with Crippen LogP contribution in [0.5, 0.6) is 0 Å². The topological polar surface area (TPSA) is 27.0 Å². The smallest absolute Gasteiger partial charge is 0.0991 e. The maximum atomic E-state index is 8.70. The summed E-state index contributed by atoms with van der Waals surface area (Å²) in [5, 5.41) is 8.70. The second-order valence-electron chi connectivity index (χ2n) is 3.92. The second-order valence-corrected chi connectivity index (χ2v) is 4.40. The minimum Gasteiger partial charge on any atom is -0.220 e. The molecule has 1 aromatic carbocycles. The van der Waals surface area contributed by atoms with E-state index in [1.54, 1.807) is 0 Å². The molecule has 0 amide bonds. The summed E-state index contributed by atoms with van der Waals surface area (Å²) in [6.07, 6.45) is 2.21.